The van der Waals surface area contributed by atoms with Gasteiger partial charge in [-0.25, -0.2) is 9.59 Å². The van der Waals surface area contributed by atoms with Gasteiger partial charge in [0.15, 0.2) is 6.23 Å². The molecule has 0 saturated carbocycles. The molecule has 2 N–H and O–H groups in total. The van der Waals surface area contributed by atoms with Gasteiger partial charge in [0.25, 0.3) is 0 Å². The molecule has 1 aliphatic heterocycles. The lowest BCUT2D eigenvalue weighted by molar-refractivity contribution is -0.167. The lowest BCUT2D eigenvalue weighted by Crippen LogP contribution is -2.30. The standard InChI is InChI=1S/C12H11Cl2NO4/c13-8-1-6(2-9(14)4-8)7-3-10(15-5-7)19-12(18)11(16)17/h1-2,4,7,10,15H,3,5H2,(H,16,17). The Morgan fingerprint density at radius 3 is 2.47 bits per heavy atom. The number of carboxylic acid groups (broad SMARTS) is 1. The number of benzene rings is 1. The van der Waals surface area contributed by atoms with Gasteiger partial charge in [0.2, 0.25) is 0 Å². The van der Waals surface area contributed by atoms with Gasteiger partial charge in [-0.05, 0) is 23.8 Å². The number of aliphatic carboxylic acids is 1. The van der Waals surface area contributed by atoms with Crippen LogP contribution in [0.5, 0.6) is 0 Å². The van der Waals surface area contributed by atoms with Gasteiger partial charge < -0.3 is 9.84 Å². The first kappa shape index (κ1) is 14.1. The van der Waals surface area contributed by atoms with Crippen LogP contribution in [0.3, 0.4) is 0 Å². The average Bonchev–Trinajstić information content (AvgIpc) is 2.76. The van der Waals surface area contributed by atoms with E-state index >= 15 is 0 Å². The molecule has 0 radical (unpaired) electrons. The minimum atomic E-state index is -1.60. The maximum absolute atomic E-state index is 10.9. The highest BCUT2D eigenvalue weighted by atomic mass is 35.5. The Hall–Kier alpha value is -1.30. The maximum atomic E-state index is 10.9. The Morgan fingerprint density at radius 1 is 1.26 bits per heavy atom. The molecule has 0 aromatic heterocycles. The predicted molar refractivity (Wildman–Crippen MR) is 69.3 cm³/mol. The van der Waals surface area contributed by atoms with Crippen LogP contribution >= 0.6 is 23.2 Å². The Morgan fingerprint density at radius 2 is 1.89 bits per heavy atom. The Bertz CT molecular complexity index is 500. The zero-order chi connectivity index (χ0) is 14.0. The first-order chi connectivity index (χ1) is 8.95. The van der Waals surface area contributed by atoms with E-state index in [9.17, 15) is 9.59 Å². The molecule has 0 spiro atoms. The number of rotatable bonds is 2. The predicted octanol–water partition coefficient (Wildman–Crippen LogP) is 2.02. The smallest absolute Gasteiger partial charge is 0.418 e. The quantitative estimate of drug-likeness (QED) is 0.646. The number of hydrogen-bond donors (Lipinski definition) is 2. The van der Waals surface area contributed by atoms with Crippen LogP contribution < -0.4 is 5.32 Å². The van der Waals surface area contributed by atoms with Crippen LogP contribution in [-0.4, -0.2) is 29.8 Å². The van der Waals surface area contributed by atoms with E-state index in [0.717, 1.165) is 5.56 Å². The van der Waals surface area contributed by atoms with Crippen molar-refractivity contribution >= 4 is 35.1 Å². The van der Waals surface area contributed by atoms with E-state index in [1.807, 2.05) is 0 Å². The number of carbonyl (C=O) groups excluding carboxylic acids is 1. The molecule has 1 saturated heterocycles. The van der Waals surface area contributed by atoms with Gasteiger partial charge in [0.05, 0.1) is 0 Å². The van der Waals surface area contributed by atoms with Crippen molar-refractivity contribution in [2.24, 2.45) is 0 Å². The van der Waals surface area contributed by atoms with Crippen molar-refractivity contribution in [2.75, 3.05) is 6.54 Å². The van der Waals surface area contributed by atoms with E-state index in [-0.39, 0.29) is 5.92 Å². The summed E-state index contributed by atoms with van der Waals surface area (Å²) < 4.78 is 4.77. The number of hydrogen-bond acceptors (Lipinski definition) is 4. The van der Waals surface area contributed by atoms with Crippen molar-refractivity contribution in [1.29, 1.82) is 0 Å². The van der Waals surface area contributed by atoms with Crippen molar-refractivity contribution in [3.8, 4) is 0 Å². The molecule has 1 aromatic carbocycles. The van der Waals surface area contributed by atoms with Gasteiger partial charge >= 0.3 is 11.9 Å². The van der Waals surface area contributed by atoms with E-state index in [4.69, 9.17) is 33.0 Å². The van der Waals surface area contributed by atoms with Gasteiger partial charge in [-0.15, -0.1) is 0 Å². The SMILES string of the molecule is O=C(O)C(=O)OC1CC(c2cc(Cl)cc(Cl)c2)CN1. The lowest BCUT2D eigenvalue weighted by Gasteiger charge is -2.11. The molecule has 1 aliphatic rings. The van der Waals surface area contributed by atoms with Crippen LogP contribution in [0.2, 0.25) is 10.0 Å². The second kappa shape index (κ2) is 5.77. The number of ether oxygens (including phenoxy) is 1. The van der Waals surface area contributed by atoms with Crippen molar-refractivity contribution in [3.63, 3.8) is 0 Å². The Kier molecular flexibility index (Phi) is 4.29. The summed E-state index contributed by atoms with van der Waals surface area (Å²) in [6, 6.07) is 5.22. The largest absolute Gasteiger partial charge is 0.473 e. The number of carbonyl (C=O) groups is 2. The first-order valence-corrected chi connectivity index (χ1v) is 6.34. The lowest BCUT2D eigenvalue weighted by atomic mass is 9.98. The van der Waals surface area contributed by atoms with Crippen LogP contribution in [0.1, 0.15) is 17.9 Å². The highest BCUT2D eigenvalue weighted by molar-refractivity contribution is 6.34. The van der Waals surface area contributed by atoms with Crippen molar-refractivity contribution in [1.82, 2.24) is 5.32 Å². The van der Waals surface area contributed by atoms with E-state index in [2.05, 4.69) is 5.32 Å². The number of carboxylic acids is 1. The molecular weight excluding hydrogens is 293 g/mol. The van der Waals surface area contributed by atoms with Crippen LogP contribution in [-0.2, 0) is 14.3 Å². The molecule has 7 heteroatoms. The van der Waals surface area contributed by atoms with Gasteiger partial charge in [-0.1, -0.05) is 23.2 Å². The normalized spacial score (nSPS) is 22.2. The van der Waals surface area contributed by atoms with Gasteiger partial charge in [-0.3, -0.25) is 5.32 Å². The molecule has 2 atom stereocenters. The Balaban J connectivity index is 2.01. The summed E-state index contributed by atoms with van der Waals surface area (Å²) in [4.78, 5) is 21.3. The van der Waals surface area contributed by atoms with Crippen LogP contribution in [0, 0.1) is 0 Å². The third-order valence-corrected chi connectivity index (χ3v) is 3.31. The summed E-state index contributed by atoms with van der Waals surface area (Å²) in [5.41, 5.74) is 0.930. The monoisotopic (exact) mass is 303 g/mol. The average molecular weight is 304 g/mol. The van der Waals surface area contributed by atoms with Crippen molar-refractivity contribution in [2.45, 2.75) is 18.6 Å². The van der Waals surface area contributed by atoms with E-state index in [1.165, 1.54) is 0 Å². The summed E-state index contributed by atoms with van der Waals surface area (Å²) >= 11 is 11.8. The summed E-state index contributed by atoms with van der Waals surface area (Å²) in [5.74, 6) is -2.79. The molecule has 0 amide bonds. The molecule has 1 fully saturated rings. The molecule has 19 heavy (non-hydrogen) atoms. The van der Waals surface area contributed by atoms with Gasteiger partial charge in [-0.2, -0.15) is 0 Å². The summed E-state index contributed by atoms with van der Waals surface area (Å²) in [5, 5.41) is 12.5. The minimum Gasteiger partial charge on any atom is -0.473 e. The third kappa shape index (κ3) is 3.59. The number of halogens is 2. The van der Waals surface area contributed by atoms with Gasteiger partial charge in [0.1, 0.15) is 0 Å². The molecule has 0 aliphatic carbocycles. The molecule has 2 unspecified atom stereocenters. The highest BCUT2D eigenvalue weighted by Crippen LogP contribution is 2.30. The second-order valence-corrected chi connectivity index (χ2v) is 5.12. The molecule has 2 rings (SSSR count). The van der Waals surface area contributed by atoms with Crippen molar-refractivity contribution < 1.29 is 19.4 Å². The third-order valence-electron chi connectivity index (χ3n) is 2.87. The molecular formula is C12H11Cl2NO4. The zero-order valence-corrected chi connectivity index (χ0v) is 11.2. The molecule has 5 nitrogen and oxygen atoms in total. The Labute approximate surface area is 119 Å². The van der Waals surface area contributed by atoms with E-state index < -0.39 is 18.2 Å². The molecule has 102 valence electrons. The number of esters is 1. The second-order valence-electron chi connectivity index (χ2n) is 4.24. The molecule has 0 bridgehead atoms. The first-order valence-electron chi connectivity index (χ1n) is 5.59. The fourth-order valence-electron chi connectivity index (χ4n) is 2.03. The van der Waals surface area contributed by atoms with E-state index in [0.29, 0.717) is 23.0 Å². The highest BCUT2D eigenvalue weighted by Gasteiger charge is 2.30. The topological polar surface area (TPSA) is 75.6 Å². The van der Waals surface area contributed by atoms with Crippen LogP contribution in [0.25, 0.3) is 0 Å². The van der Waals surface area contributed by atoms with Crippen molar-refractivity contribution in [3.05, 3.63) is 33.8 Å². The summed E-state index contributed by atoms with van der Waals surface area (Å²) in [7, 11) is 0. The fourth-order valence-corrected chi connectivity index (χ4v) is 2.58. The maximum Gasteiger partial charge on any atom is 0.418 e. The summed E-state index contributed by atoms with van der Waals surface area (Å²) in [6.45, 7) is 0.564. The zero-order valence-electron chi connectivity index (χ0n) is 9.73. The van der Waals surface area contributed by atoms with Crippen LogP contribution in [0.4, 0.5) is 0 Å². The number of nitrogens with one attached hydrogen (secondary N) is 1. The summed E-state index contributed by atoms with van der Waals surface area (Å²) in [6.07, 6.45) is -0.123. The van der Waals surface area contributed by atoms with E-state index in [1.54, 1.807) is 18.2 Å². The molecule has 1 aromatic rings. The molecule has 1 heterocycles. The van der Waals surface area contributed by atoms with Crippen LogP contribution in [0.15, 0.2) is 18.2 Å². The van der Waals surface area contributed by atoms with Gasteiger partial charge in [0, 0.05) is 28.9 Å². The minimum absolute atomic E-state index is 0.0720. The fraction of sp³-hybridized carbons (Fsp3) is 0.333.